The zero-order valence-corrected chi connectivity index (χ0v) is 12.3. The summed E-state index contributed by atoms with van der Waals surface area (Å²) >= 11 is 4.97. The van der Waals surface area contributed by atoms with Gasteiger partial charge < -0.3 is 10.2 Å². The smallest absolute Gasteiger partial charge is 0.186 e. The molecule has 6 heteroatoms. The van der Waals surface area contributed by atoms with Crippen LogP contribution in [0.4, 0.5) is 10.1 Å². The minimum absolute atomic E-state index is 0.204. The first-order valence-electron chi connectivity index (χ1n) is 6.82. The Bertz CT molecular complexity index is 498. The largest absolute Gasteiger partial charge is 0.369 e. The predicted molar refractivity (Wildman–Crippen MR) is 84.9 cm³/mol. The fourth-order valence-corrected chi connectivity index (χ4v) is 2.38. The van der Waals surface area contributed by atoms with Crippen molar-refractivity contribution in [3.8, 4) is 0 Å². The van der Waals surface area contributed by atoms with E-state index in [1.54, 1.807) is 6.21 Å². The molecule has 0 saturated carbocycles. The van der Waals surface area contributed by atoms with E-state index in [2.05, 4.69) is 20.7 Å². The maximum absolute atomic E-state index is 14.0. The van der Waals surface area contributed by atoms with Gasteiger partial charge in [0.25, 0.3) is 0 Å². The Kier molecular flexibility index (Phi) is 5.29. The van der Waals surface area contributed by atoms with Gasteiger partial charge in [0.05, 0.1) is 11.9 Å². The number of hydrogen-bond donors (Lipinski definition) is 2. The highest BCUT2D eigenvalue weighted by atomic mass is 32.1. The first-order valence-corrected chi connectivity index (χ1v) is 7.23. The second-order valence-corrected chi connectivity index (χ2v) is 5.04. The second-order valence-electron chi connectivity index (χ2n) is 4.63. The SMILES string of the molecule is CCNC(=S)NN=Cc1ccc(N2CCCC2)c(F)c1. The Hall–Kier alpha value is -1.69. The quantitative estimate of drug-likeness (QED) is 0.507. The molecule has 108 valence electrons. The predicted octanol–water partition coefficient (Wildman–Crippen LogP) is 2.24. The molecule has 1 heterocycles. The molecule has 0 radical (unpaired) electrons. The van der Waals surface area contributed by atoms with E-state index >= 15 is 0 Å². The van der Waals surface area contributed by atoms with Crippen molar-refractivity contribution in [3.05, 3.63) is 29.6 Å². The average molecular weight is 294 g/mol. The molecule has 1 aliphatic rings. The zero-order valence-electron chi connectivity index (χ0n) is 11.5. The molecule has 1 aromatic rings. The summed E-state index contributed by atoms with van der Waals surface area (Å²) in [5, 5.41) is 7.34. The Balaban J connectivity index is 1.98. The van der Waals surface area contributed by atoms with Gasteiger partial charge in [0.1, 0.15) is 5.82 Å². The van der Waals surface area contributed by atoms with E-state index in [9.17, 15) is 4.39 Å². The number of thiocarbonyl (C=S) groups is 1. The van der Waals surface area contributed by atoms with E-state index in [-0.39, 0.29) is 5.82 Å². The number of hydrogen-bond acceptors (Lipinski definition) is 3. The number of nitrogens with zero attached hydrogens (tertiary/aromatic N) is 2. The summed E-state index contributed by atoms with van der Waals surface area (Å²) in [6, 6.07) is 5.16. The summed E-state index contributed by atoms with van der Waals surface area (Å²) < 4.78 is 14.0. The molecule has 2 N–H and O–H groups in total. The van der Waals surface area contributed by atoms with Crippen LogP contribution in [-0.4, -0.2) is 31.0 Å². The fraction of sp³-hybridized carbons (Fsp3) is 0.429. The monoisotopic (exact) mass is 294 g/mol. The Labute approximate surface area is 124 Å². The highest BCUT2D eigenvalue weighted by Gasteiger charge is 2.15. The van der Waals surface area contributed by atoms with Crippen molar-refractivity contribution < 1.29 is 4.39 Å². The Morgan fingerprint density at radius 1 is 1.45 bits per heavy atom. The van der Waals surface area contributed by atoms with Crippen LogP contribution >= 0.6 is 12.2 Å². The molecule has 4 nitrogen and oxygen atoms in total. The number of hydrazone groups is 1. The summed E-state index contributed by atoms with van der Waals surface area (Å²) in [6.45, 7) is 4.55. The summed E-state index contributed by atoms with van der Waals surface area (Å²) in [5.74, 6) is -0.204. The highest BCUT2D eigenvalue weighted by Crippen LogP contribution is 2.23. The highest BCUT2D eigenvalue weighted by molar-refractivity contribution is 7.80. The maximum Gasteiger partial charge on any atom is 0.186 e. The van der Waals surface area contributed by atoms with Gasteiger partial charge in [-0.05, 0) is 49.7 Å². The second kappa shape index (κ2) is 7.19. The van der Waals surface area contributed by atoms with E-state index in [1.807, 2.05) is 19.1 Å². The topological polar surface area (TPSA) is 39.7 Å². The number of rotatable bonds is 4. The van der Waals surface area contributed by atoms with Crippen LogP contribution in [0.3, 0.4) is 0 Å². The van der Waals surface area contributed by atoms with Gasteiger partial charge in [-0.3, -0.25) is 5.43 Å². The van der Waals surface area contributed by atoms with Crippen molar-refractivity contribution in [2.75, 3.05) is 24.5 Å². The molecule has 0 spiro atoms. The van der Waals surface area contributed by atoms with Crippen molar-refractivity contribution in [2.24, 2.45) is 5.10 Å². The van der Waals surface area contributed by atoms with Crippen LogP contribution in [0.1, 0.15) is 25.3 Å². The lowest BCUT2D eigenvalue weighted by atomic mass is 10.2. The van der Waals surface area contributed by atoms with Crippen molar-refractivity contribution in [2.45, 2.75) is 19.8 Å². The molecule has 0 amide bonds. The molecule has 0 aromatic heterocycles. The number of benzene rings is 1. The van der Waals surface area contributed by atoms with Gasteiger partial charge in [0.2, 0.25) is 0 Å². The molecule has 0 unspecified atom stereocenters. The number of nitrogens with one attached hydrogen (secondary N) is 2. The van der Waals surface area contributed by atoms with Gasteiger partial charge in [-0.25, -0.2) is 4.39 Å². The van der Waals surface area contributed by atoms with Crippen LogP contribution in [0, 0.1) is 5.82 Å². The summed E-state index contributed by atoms with van der Waals surface area (Å²) in [5.41, 5.74) is 4.06. The van der Waals surface area contributed by atoms with Gasteiger partial charge in [-0.2, -0.15) is 5.10 Å². The molecule has 20 heavy (non-hydrogen) atoms. The Morgan fingerprint density at radius 3 is 2.85 bits per heavy atom. The van der Waals surface area contributed by atoms with Crippen LogP contribution in [0.5, 0.6) is 0 Å². The van der Waals surface area contributed by atoms with Crippen LogP contribution in [0.2, 0.25) is 0 Å². The van der Waals surface area contributed by atoms with Gasteiger partial charge in [0, 0.05) is 19.6 Å². The normalized spacial score (nSPS) is 14.8. The number of anilines is 1. The fourth-order valence-electron chi connectivity index (χ4n) is 2.18. The first kappa shape index (κ1) is 14.7. The van der Waals surface area contributed by atoms with Crippen LogP contribution in [-0.2, 0) is 0 Å². The molecule has 1 fully saturated rings. The molecule has 0 aliphatic carbocycles. The minimum Gasteiger partial charge on any atom is -0.369 e. The van der Waals surface area contributed by atoms with Crippen LogP contribution < -0.4 is 15.6 Å². The minimum atomic E-state index is -0.204. The van der Waals surface area contributed by atoms with E-state index < -0.39 is 0 Å². The molecular formula is C14H19FN4S. The summed E-state index contributed by atoms with van der Waals surface area (Å²) in [6.07, 6.45) is 3.82. The molecule has 1 aromatic carbocycles. The molecular weight excluding hydrogens is 275 g/mol. The van der Waals surface area contributed by atoms with E-state index in [4.69, 9.17) is 12.2 Å². The van der Waals surface area contributed by atoms with E-state index in [0.717, 1.165) is 32.5 Å². The molecule has 2 rings (SSSR count). The third kappa shape index (κ3) is 3.90. The lowest BCUT2D eigenvalue weighted by Gasteiger charge is -2.18. The van der Waals surface area contributed by atoms with Crippen LogP contribution in [0.25, 0.3) is 0 Å². The molecule has 1 saturated heterocycles. The maximum atomic E-state index is 14.0. The van der Waals surface area contributed by atoms with Crippen molar-refractivity contribution in [1.29, 1.82) is 0 Å². The molecule has 1 aliphatic heterocycles. The van der Waals surface area contributed by atoms with Gasteiger partial charge in [-0.15, -0.1) is 0 Å². The molecule has 0 atom stereocenters. The zero-order chi connectivity index (χ0) is 14.4. The van der Waals surface area contributed by atoms with E-state index in [1.165, 1.54) is 6.07 Å². The van der Waals surface area contributed by atoms with E-state index in [0.29, 0.717) is 16.4 Å². The standard InChI is InChI=1S/C14H19FN4S/c1-2-16-14(20)18-17-10-11-5-6-13(12(15)9-11)19-7-3-4-8-19/h5-6,9-10H,2-4,7-8H2,1H3,(H2,16,18,20). The van der Waals surface area contributed by atoms with Crippen molar-refractivity contribution >= 4 is 29.2 Å². The van der Waals surface area contributed by atoms with Crippen LogP contribution in [0.15, 0.2) is 23.3 Å². The van der Waals surface area contributed by atoms with Gasteiger partial charge >= 0.3 is 0 Å². The lowest BCUT2D eigenvalue weighted by Crippen LogP contribution is -2.31. The van der Waals surface area contributed by atoms with Crippen molar-refractivity contribution in [3.63, 3.8) is 0 Å². The average Bonchev–Trinajstić information content (AvgIpc) is 2.93. The summed E-state index contributed by atoms with van der Waals surface area (Å²) in [7, 11) is 0. The lowest BCUT2D eigenvalue weighted by molar-refractivity contribution is 0.623. The first-order chi connectivity index (χ1) is 9.70. The van der Waals surface area contributed by atoms with Crippen molar-refractivity contribution in [1.82, 2.24) is 10.7 Å². The Morgan fingerprint density at radius 2 is 2.20 bits per heavy atom. The summed E-state index contributed by atoms with van der Waals surface area (Å²) in [4.78, 5) is 2.08. The third-order valence-corrected chi connectivity index (χ3v) is 3.37. The number of halogens is 1. The van der Waals surface area contributed by atoms with Gasteiger partial charge in [0.15, 0.2) is 5.11 Å². The van der Waals surface area contributed by atoms with Gasteiger partial charge in [-0.1, -0.05) is 6.07 Å². The molecule has 0 bridgehead atoms. The third-order valence-electron chi connectivity index (χ3n) is 3.14.